The van der Waals surface area contributed by atoms with E-state index >= 15 is 0 Å². The Morgan fingerprint density at radius 2 is 0.689 bits per heavy atom. The number of aromatic nitrogens is 4. The van der Waals surface area contributed by atoms with Gasteiger partial charge in [0, 0.05) is 38.6 Å². The van der Waals surface area contributed by atoms with Crippen LogP contribution in [0.25, 0.3) is 0 Å². The maximum Gasteiger partial charge on any atom is 0.326 e. The highest BCUT2D eigenvalue weighted by Crippen LogP contribution is 2.17. The highest BCUT2D eigenvalue weighted by Gasteiger charge is 2.41. The number of carbonyl (C=O) groups is 18. The smallest absolute Gasteiger partial charge is 0.326 e. The van der Waals surface area contributed by atoms with Crippen LogP contribution >= 0.6 is 0 Å². The summed E-state index contributed by atoms with van der Waals surface area (Å²) in [5, 5.41) is 84.7. The summed E-state index contributed by atoms with van der Waals surface area (Å²) in [5.74, 6) is -24.2. The molecule has 1 aromatic carbocycles. The molecule has 0 unspecified atom stereocenters. The number of nitrogens with zero attached hydrogens (tertiary/aromatic N) is 2. The summed E-state index contributed by atoms with van der Waals surface area (Å²) in [4.78, 5) is 260. The van der Waals surface area contributed by atoms with E-state index in [1.165, 1.54) is 39.5 Å². The van der Waals surface area contributed by atoms with Gasteiger partial charge in [0.1, 0.15) is 84.6 Å². The Hall–Kier alpha value is -12.0. The molecule has 0 spiro atoms. The number of aromatic amines is 2. The predicted molar refractivity (Wildman–Crippen MR) is 425 cm³/mol. The second-order valence-electron chi connectivity index (χ2n) is 30.9. The lowest BCUT2D eigenvalue weighted by Gasteiger charge is -2.31. The Morgan fingerprint density at radius 3 is 1.04 bits per heavy atom. The number of aliphatic carboxylic acids is 4. The fraction of sp³-hybridized carbons (Fsp3) is 0.610. The first kappa shape index (κ1) is 101. The van der Waals surface area contributed by atoms with Gasteiger partial charge in [0.2, 0.25) is 82.7 Å². The van der Waals surface area contributed by atoms with E-state index in [4.69, 9.17) is 5.73 Å². The number of benzene rings is 1. The number of hydrogen-bond acceptors (Lipinski definition) is 22. The van der Waals surface area contributed by atoms with Crippen molar-refractivity contribution >= 4 is 107 Å². The number of nitrogens with one attached hydrogen (secondary N) is 16. The first-order chi connectivity index (χ1) is 55.9. The summed E-state index contributed by atoms with van der Waals surface area (Å²) in [6, 6.07) is -15.1. The van der Waals surface area contributed by atoms with Gasteiger partial charge in [0.25, 0.3) is 0 Å². The molecule has 0 bridgehead atoms. The molecule has 660 valence electrons. The third-order valence-electron chi connectivity index (χ3n) is 18.8. The van der Waals surface area contributed by atoms with Crippen LogP contribution < -0.4 is 80.2 Å². The number of hydrogen-bond donors (Lipinski definition) is 22. The van der Waals surface area contributed by atoms with Crippen molar-refractivity contribution in [3.05, 3.63) is 72.3 Å². The van der Waals surface area contributed by atoms with E-state index in [1.807, 2.05) is 0 Å². The van der Waals surface area contributed by atoms with Crippen molar-refractivity contribution in [2.24, 2.45) is 41.2 Å². The van der Waals surface area contributed by atoms with Crippen LogP contribution in [-0.4, -0.2) is 250 Å². The molecule has 14 amide bonds. The molecule has 2 aromatic heterocycles. The largest absolute Gasteiger partial charge is 0.481 e. The molecule has 2 heterocycles. The van der Waals surface area contributed by atoms with Gasteiger partial charge in [0.15, 0.2) is 0 Å². The SMILES string of the molecule is CC[C@H](C)[C@H](NC(=O)[C@@H](NC(C)=O)C(C)C)C(=O)N[C@@H](CC(C)C)C(=O)N[C@H](C(=O)N[C@@H](CC(C)C)C(=O)N[C@@H](Cc1ccccc1)C(=O)N[C@@H](CC(=O)O)C(=O)N[C@@H](CC(=O)O)C(=O)N[C@@H](Cc1c[nH]cn1)C(=O)N[C@@H](CO)C(=O)N[C@@H](CC(=O)O)C(=O)N[C@H](C(=O)N[C@@H](Cc1c[nH]cn1)C(=O)N[C@@H](CCCCN)C(=O)O)C(C)C)C(C)C. The Labute approximate surface area is 688 Å². The molecule has 3 rings (SSSR count). The van der Waals surface area contributed by atoms with E-state index in [2.05, 4.69) is 94.4 Å². The van der Waals surface area contributed by atoms with Gasteiger partial charge in [-0.2, -0.15) is 0 Å². The lowest BCUT2D eigenvalue weighted by atomic mass is 9.95. The minimum atomic E-state index is -2.24. The number of H-pyrrole nitrogens is 2. The summed E-state index contributed by atoms with van der Waals surface area (Å²) >= 11 is 0. The van der Waals surface area contributed by atoms with Gasteiger partial charge in [0.05, 0.1) is 49.9 Å². The molecule has 42 nitrogen and oxygen atoms in total. The Kier molecular flexibility index (Phi) is 43.0. The fourth-order valence-electron chi connectivity index (χ4n) is 12.2. The number of carboxylic acids is 4. The van der Waals surface area contributed by atoms with Crippen molar-refractivity contribution in [2.75, 3.05) is 13.2 Å². The summed E-state index contributed by atoms with van der Waals surface area (Å²) in [6.07, 6.45) is 1.20. The van der Waals surface area contributed by atoms with Gasteiger partial charge in [-0.15, -0.1) is 0 Å². The number of carbonyl (C=O) groups excluding carboxylic acids is 14. The standard InChI is InChI=1S/C77H119N19O23/c1-14-42(12)63(96-75(116)60(39(6)7)83-43(13)98)76(117)91-49(25-38(4)5)70(111)94-61(40(8)9)73(114)90-48(24-37(2)3)64(105)85-50(26-44-20-16-15-17-21-44)65(106)87-54(30-58(101)102)69(110)88-53(29-57(99)100)68(109)86-51(27-45-32-79-35-81-45)67(108)93-56(34-97)72(113)89-55(31-59(103)104)71(112)95-62(41(10)11)74(115)92-52(28-46-33-80-36-82-46)66(107)84-47(77(118)119)22-18-19-23-78/h15-17,20-21,32-33,35-42,47-56,60-63,97H,14,18-19,22-31,34,78H2,1-13H3,(H,79,81)(H,80,82)(H,83,98)(H,84,107)(H,85,105)(H,86,109)(H,87,106)(H,88,110)(H,89,113)(H,90,114)(H,91,117)(H,92,115)(H,93,108)(H,94,111)(H,95,112)(H,96,116)(H,99,100)(H,101,102)(H,103,104)(H,118,119)/t42-,47-,48-,49-,50-,51-,52-,53-,54-,55-,56-,60-,61-,62-,63-/m0/s1. The Balaban J connectivity index is 1.95. The zero-order chi connectivity index (χ0) is 89.7. The van der Waals surface area contributed by atoms with Crippen LogP contribution in [-0.2, 0) is 106 Å². The number of imidazole rings is 2. The van der Waals surface area contributed by atoms with Crippen molar-refractivity contribution in [3.63, 3.8) is 0 Å². The number of nitrogens with two attached hydrogens (primary N) is 1. The van der Waals surface area contributed by atoms with Crippen molar-refractivity contribution < 1.29 is 112 Å². The van der Waals surface area contributed by atoms with Crippen LogP contribution in [0.2, 0.25) is 0 Å². The minimum absolute atomic E-state index is 0.0175. The van der Waals surface area contributed by atoms with Crippen LogP contribution in [0.3, 0.4) is 0 Å². The Bertz CT molecular complexity index is 3920. The molecule has 23 N–H and O–H groups in total. The molecule has 0 aliphatic rings. The van der Waals surface area contributed by atoms with E-state index in [1.54, 1.807) is 99.6 Å². The van der Waals surface area contributed by atoms with Crippen molar-refractivity contribution in [1.82, 2.24) is 94.4 Å². The third-order valence-corrected chi connectivity index (χ3v) is 18.8. The number of carboxylic acid groups (broad SMARTS) is 4. The van der Waals surface area contributed by atoms with Crippen molar-refractivity contribution in [2.45, 2.75) is 252 Å². The molecule has 0 fully saturated rings. The number of unbranched alkanes of at least 4 members (excludes halogenated alkanes) is 1. The summed E-state index contributed by atoms with van der Waals surface area (Å²) in [6.45, 7) is 20.3. The molecule has 0 aliphatic heterocycles. The quantitative estimate of drug-likeness (QED) is 0.0246. The molecule has 0 aliphatic carbocycles. The number of aliphatic hydroxyl groups excluding tert-OH is 1. The van der Waals surface area contributed by atoms with Crippen molar-refractivity contribution in [3.8, 4) is 0 Å². The van der Waals surface area contributed by atoms with Crippen LogP contribution in [0, 0.1) is 35.5 Å². The molecule has 0 radical (unpaired) electrons. The van der Waals surface area contributed by atoms with Gasteiger partial charge in [-0.05, 0) is 79.7 Å². The molecule has 0 saturated carbocycles. The van der Waals surface area contributed by atoms with Crippen LogP contribution in [0.4, 0.5) is 0 Å². The highest BCUT2D eigenvalue weighted by atomic mass is 16.4. The molecular formula is C77H119N19O23. The molecule has 119 heavy (non-hydrogen) atoms. The zero-order valence-electron chi connectivity index (χ0n) is 69.2. The fourth-order valence-corrected chi connectivity index (χ4v) is 12.2. The van der Waals surface area contributed by atoms with Crippen LogP contribution in [0.5, 0.6) is 0 Å². The zero-order valence-corrected chi connectivity index (χ0v) is 69.2. The van der Waals surface area contributed by atoms with Crippen LogP contribution in [0.1, 0.15) is 165 Å². The summed E-state index contributed by atoms with van der Waals surface area (Å²) in [7, 11) is 0. The lowest BCUT2D eigenvalue weighted by Crippen LogP contribution is -2.62. The number of rotatable bonds is 54. The summed E-state index contributed by atoms with van der Waals surface area (Å²) < 4.78 is 0. The maximum atomic E-state index is 14.7. The van der Waals surface area contributed by atoms with Crippen LogP contribution in [0.15, 0.2) is 55.4 Å². The van der Waals surface area contributed by atoms with E-state index in [0.29, 0.717) is 24.8 Å². The van der Waals surface area contributed by atoms with E-state index < -0.39 is 241 Å². The predicted octanol–water partition coefficient (Wildman–Crippen LogP) is -3.30. The maximum absolute atomic E-state index is 14.7. The van der Waals surface area contributed by atoms with E-state index in [9.17, 15) is 112 Å². The third kappa shape index (κ3) is 35.8. The topological polar surface area (TPSA) is 660 Å². The molecule has 42 heteroatoms. The first-order valence-corrected chi connectivity index (χ1v) is 39.3. The molecule has 15 atom stereocenters. The average molecular weight is 1680 g/mol. The average Bonchev–Trinajstić information content (AvgIpc) is 1.35. The van der Waals surface area contributed by atoms with Gasteiger partial charge >= 0.3 is 23.9 Å². The van der Waals surface area contributed by atoms with E-state index in [-0.39, 0.29) is 67.8 Å². The monoisotopic (exact) mass is 1680 g/mol. The molecular weight excluding hydrogens is 1560 g/mol. The normalized spacial score (nSPS) is 15.1. The minimum Gasteiger partial charge on any atom is -0.481 e. The van der Waals surface area contributed by atoms with Gasteiger partial charge in [-0.3, -0.25) is 81.5 Å². The van der Waals surface area contributed by atoms with E-state index in [0.717, 1.165) is 6.33 Å². The Morgan fingerprint density at radius 1 is 0.378 bits per heavy atom. The van der Waals surface area contributed by atoms with Crippen molar-refractivity contribution in [1.29, 1.82) is 0 Å². The lowest BCUT2D eigenvalue weighted by molar-refractivity contribution is -0.143. The first-order valence-electron chi connectivity index (χ1n) is 39.3. The highest BCUT2D eigenvalue weighted by molar-refractivity contribution is 6.02. The number of aliphatic hydroxyl groups is 1. The van der Waals surface area contributed by atoms with Gasteiger partial charge in [-0.1, -0.05) is 120 Å². The second kappa shape index (κ2) is 50.6. The number of amides is 14. The van der Waals surface area contributed by atoms with Gasteiger partial charge in [-0.25, -0.2) is 14.8 Å². The van der Waals surface area contributed by atoms with Gasteiger partial charge < -0.3 is 116 Å². The molecule has 0 saturated heterocycles. The molecule has 3 aromatic rings. The second-order valence-corrected chi connectivity index (χ2v) is 30.9. The summed E-state index contributed by atoms with van der Waals surface area (Å²) in [5.41, 5.74) is 6.22.